The van der Waals surface area contributed by atoms with Crippen LogP contribution in [0, 0.1) is 0 Å². The molecule has 1 aliphatic heterocycles. The molecule has 0 amide bonds. The number of allylic oxidation sites excluding steroid dienone is 2. The molecule has 2 aliphatic rings. The molecular weight excluding hydrogens is 300 g/mol. The molecule has 0 aromatic heterocycles. The summed E-state index contributed by atoms with van der Waals surface area (Å²) in [7, 11) is 0. The molecule has 0 aromatic rings. The number of ketones is 1. The number of hydrogen-bond donors (Lipinski definition) is 3. The van der Waals surface area contributed by atoms with Crippen molar-refractivity contribution in [2.75, 3.05) is 6.61 Å². The molecule has 1 heterocycles. The number of carboxylic acid groups (broad SMARTS) is 1. The number of fused-ring (bicyclic) bond motifs is 1. The van der Waals surface area contributed by atoms with E-state index in [1.165, 1.54) is 12.3 Å². The summed E-state index contributed by atoms with van der Waals surface area (Å²) >= 11 is 0. The van der Waals surface area contributed by atoms with Crippen LogP contribution < -0.4 is 0 Å². The van der Waals surface area contributed by atoms with Gasteiger partial charge in [0.25, 0.3) is 0 Å². The number of carbonyl (C=O) groups excluding carboxylic acids is 1. The predicted octanol–water partition coefficient (Wildman–Crippen LogP) is 2.40. The molecule has 0 saturated carbocycles. The predicted molar refractivity (Wildman–Crippen MR) is 82.7 cm³/mol. The van der Waals surface area contributed by atoms with Crippen LogP contribution in [0.3, 0.4) is 0 Å². The lowest BCUT2D eigenvalue weighted by Gasteiger charge is -2.27. The summed E-state index contributed by atoms with van der Waals surface area (Å²) in [6.07, 6.45) is 8.88. The fraction of sp³-hybridized carbons (Fsp3) is 0.529. The number of rotatable bonds is 8. The Morgan fingerprint density at radius 3 is 2.61 bits per heavy atom. The Balaban J connectivity index is 1.91. The van der Waals surface area contributed by atoms with Gasteiger partial charge in [0.2, 0.25) is 0 Å². The van der Waals surface area contributed by atoms with Crippen molar-refractivity contribution < 1.29 is 29.6 Å². The average Bonchev–Trinajstić information content (AvgIpc) is 2.50. The highest BCUT2D eigenvalue weighted by molar-refractivity contribution is 6.23. The van der Waals surface area contributed by atoms with Crippen molar-refractivity contribution in [2.45, 2.75) is 51.0 Å². The number of hydrogen-bond acceptors (Lipinski definition) is 5. The Labute approximate surface area is 134 Å². The van der Waals surface area contributed by atoms with Gasteiger partial charge in [-0.15, -0.1) is 0 Å². The number of carboxylic acids is 1. The van der Waals surface area contributed by atoms with Crippen LogP contribution in [0.1, 0.15) is 44.9 Å². The first-order valence-electron chi connectivity index (χ1n) is 7.93. The van der Waals surface area contributed by atoms with Crippen LogP contribution in [0.2, 0.25) is 0 Å². The molecule has 0 saturated heterocycles. The van der Waals surface area contributed by atoms with E-state index in [9.17, 15) is 14.7 Å². The first kappa shape index (κ1) is 17.3. The van der Waals surface area contributed by atoms with E-state index in [-0.39, 0.29) is 12.7 Å². The molecule has 0 radical (unpaired) electrons. The second-order valence-electron chi connectivity index (χ2n) is 5.84. The smallest absolute Gasteiger partial charge is 0.343 e. The standard InChI is InChI=1S/C17H22O6/c18-7-5-3-1-2-4-6-12-8-11-9-14(19)15(17(21)22)16(20)13(11)10-23-12/h9-10,12,18,20H,1-8H2,(H,21,22)/t12-/m0/s1. The molecular formula is C17H22O6. The zero-order chi connectivity index (χ0) is 16.8. The highest BCUT2D eigenvalue weighted by Crippen LogP contribution is 2.34. The minimum Gasteiger partial charge on any atom is -0.506 e. The number of aliphatic hydroxyl groups is 2. The van der Waals surface area contributed by atoms with E-state index in [4.69, 9.17) is 14.9 Å². The Morgan fingerprint density at radius 2 is 1.91 bits per heavy atom. The molecule has 0 fully saturated rings. The zero-order valence-corrected chi connectivity index (χ0v) is 13.0. The molecule has 0 unspecified atom stereocenters. The van der Waals surface area contributed by atoms with Crippen LogP contribution in [0.25, 0.3) is 0 Å². The van der Waals surface area contributed by atoms with Crippen molar-refractivity contribution >= 4 is 11.8 Å². The third kappa shape index (κ3) is 4.22. The highest BCUT2D eigenvalue weighted by atomic mass is 16.5. The Kier molecular flexibility index (Phi) is 5.98. The summed E-state index contributed by atoms with van der Waals surface area (Å²) in [5.74, 6) is -2.62. The number of carbonyl (C=O) groups is 2. The van der Waals surface area contributed by atoms with Crippen molar-refractivity contribution in [2.24, 2.45) is 0 Å². The molecule has 6 heteroatoms. The second-order valence-corrected chi connectivity index (χ2v) is 5.84. The van der Waals surface area contributed by atoms with Crippen molar-refractivity contribution in [1.82, 2.24) is 0 Å². The Bertz CT molecular complexity index is 570. The summed E-state index contributed by atoms with van der Waals surface area (Å²) in [5.41, 5.74) is 0.321. The molecule has 1 atom stereocenters. The molecule has 0 spiro atoms. The minimum atomic E-state index is -1.44. The third-order valence-electron chi connectivity index (χ3n) is 4.11. The van der Waals surface area contributed by atoms with E-state index in [1.54, 1.807) is 0 Å². The second kappa shape index (κ2) is 7.97. The van der Waals surface area contributed by atoms with Crippen LogP contribution in [0.5, 0.6) is 0 Å². The van der Waals surface area contributed by atoms with Gasteiger partial charge in [0.05, 0.1) is 11.8 Å². The quantitative estimate of drug-likeness (QED) is 0.468. The van der Waals surface area contributed by atoms with Crippen LogP contribution in [-0.2, 0) is 14.3 Å². The third-order valence-corrected chi connectivity index (χ3v) is 4.11. The molecule has 23 heavy (non-hydrogen) atoms. The summed E-state index contributed by atoms with van der Waals surface area (Å²) < 4.78 is 5.57. The maximum atomic E-state index is 11.8. The zero-order valence-electron chi connectivity index (χ0n) is 13.0. The molecule has 3 N–H and O–H groups in total. The van der Waals surface area contributed by atoms with E-state index in [0.717, 1.165) is 38.5 Å². The first-order chi connectivity index (χ1) is 11.0. The summed E-state index contributed by atoms with van der Waals surface area (Å²) in [5, 5.41) is 27.6. The number of aliphatic hydroxyl groups excluding tert-OH is 2. The summed E-state index contributed by atoms with van der Waals surface area (Å²) in [4.78, 5) is 22.8. The van der Waals surface area contributed by atoms with Crippen molar-refractivity contribution in [3.05, 3.63) is 34.8 Å². The molecule has 0 bridgehead atoms. The Morgan fingerprint density at radius 1 is 1.22 bits per heavy atom. The van der Waals surface area contributed by atoms with Gasteiger partial charge < -0.3 is 20.1 Å². The molecule has 1 aliphatic carbocycles. The van der Waals surface area contributed by atoms with Gasteiger partial charge in [0, 0.05) is 13.0 Å². The molecule has 126 valence electrons. The van der Waals surface area contributed by atoms with Crippen molar-refractivity contribution in [3.8, 4) is 0 Å². The lowest BCUT2D eigenvalue weighted by atomic mass is 9.87. The van der Waals surface area contributed by atoms with Gasteiger partial charge in [0.15, 0.2) is 5.78 Å². The maximum absolute atomic E-state index is 11.8. The van der Waals surface area contributed by atoms with Crippen LogP contribution in [0.15, 0.2) is 34.8 Å². The largest absolute Gasteiger partial charge is 0.506 e. The maximum Gasteiger partial charge on any atom is 0.343 e. The number of unbranched alkanes of at least 4 members (excludes halogenated alkanes) is 4. The van der Waals surface area contributed by atoms with Crippen molar-refractivity contribution in [1.29, 1.82) is 0 Å². The van der Waals surface area contributed by atoms with Crippen LogP contribution >= 0.6 is 0 Å². The van der Waals surface area contributed by atoms with E-state index >= 15 is 0 Å². The molecule has 2 rings (SSSR count). The lowest BCUT2D eigenvalue weighted by Crippen LogP contribution is -2.24. The van der Waals surface area contributed by atoms with Gasteiger partial charge in [-0.1, -0.05) is 19.3 Å². The molecule has 0 aromatic carbocycles. The van der Waals surface area contributed by atoms with Crippen LogP contribution in [0.4, 0.5) is 0 Å². The molecule has 6 nitrogen and oxygen atoms in total. The van der Waals surface area contributed by atoms with Gasteiger partial charge in [-0.3, -0.25) is 4.79 Å². The van der Waals surface area contributed by atoms with Gasteiger partial charge in [-0.25, -0.2) is 4.79 Å². The van der Waals surface area contributed by atoms with E-state index in [2.05, 4.69) is 0 Å². The summed E-state index contributed by atoms with van der Waals surface area (Å²) in [6, 6.07) is 0. The van der Waals surface area contributed by atoms with Gasteiger partial charge in [0.1, 0.15) is 17.4 Å². The number of aliphatic carboxylic acids is 1. The average molecular weight is 322 g/mol. The number of ether oxygens (including phenoxy) is 1. The Hall–Kier alpha value is -2.08. The van der Waals surface area contributed by atoms with E-state index in [1.807, 2.05) is 0 Å². The van der Waals surface area contributed by atoms with Crippen molar-refractivity contribution in [3.63, 3.8) is 0 Å². The lowest BCUT2D eigenvalue weighted by molar-refractivity contribution is -0.134. The topological polar surface area (TPSA) is 104 Å². The highest BCUT2D eigenvalue weighted by Gasteiger charge is 2.33. The van der Waals surface area contributed by atoms with E-state index in [0.29, 0.717) is 17.6 Å². The minimum absolute atomic E-state index is 0.0604. The van der Waals surface area contributed by atoms with Gasteiger partial charge in [-0.05, 0) is 30.9 Å². The van der Waals surface area contributed by atoms with Gasteiger partial charge in [-0.2, -0.15) is 0 Å². The normalized spacial score (nSPS) is 20.6. The van der Waals surface area contributed by atoms with Crippen LogP contribution in [-0.4, -0.2) is 39.8 Å². The fourth-order valence-electron chi connectivity index (χ4n) is 2.86. The fourth-order valence-corrected chi connectivity index (χ4v) is 2.86. The summed E-state index contributed by atoms with van der Waals surface area (Å²) in [6.45, 7) is 0.233. The van der Waals surface area contributed by atoms with Gasteiger partial charge >= 0.3 is 5.97 Å². The first-order valence-corrected chi connectivity index (χ1v) is 7.93. The SMILES string of the molecule is O=C(O)C1=C(O)C2=CO[C@@H](CCCCCCCO)CC2=CC1=O. The monoisotopic (exact) mass is 322 g/mol. The van der Waals surface area contributed by atoms with E-state index < -0.39 is 23.1 Å².